The normalized spacial score (nSPS) is 12.1. The van der Waals surface area contributed by atoms with Crippen LogP contribution in [0.3, 0.4) is 0 Å². The summed E-state index contributed by atoms with van der Waals surface area (Å²) in [7, 11) is 0. The highest BCUT2D eigenvalue weighted by Gasteiger charge is 2.13. The summed E-state index contributed by atoms with van der Waals surface area (Å²) < 4.78 is 6.61. The van der Waals surface area contributed by atoms with Crippen molar-refractivity contribution in [1.29, 1.82) is 0 Å². The van der Waals surface area contributed by atoms with Crippen molar-refractivity contribution in [2.45, 2.75) is 25.8 Å². The molecule has 24 heavy (non-hydrogen) atoms. The average molecular weight is 344 g/mol. The molecule has 1 aromatic carbocycles. The van der Waals surface area contributed by atoms with Crippen LogP contribution in [0.5, 0.6) is 0 Å². The van der Waals surface area contributed by atoms with Crippen LogP contribution in [0.2, 0.25) is 5.02 Å². The molecule has 0 fully saturated rings. The van der Waals surface area contributed by atoms with E-state index in [2.05, 4.69) is 10.4 Å². The first-order chi connectivity index (χ1) is 11.6. The lowest BCUT2D eigenvalue weighted by Crippen LogP contribution is -2.24. The molecule has 0 aliphatic carbocycles. The van der Waals surface area contributed by atoms with Crippen molar-refractivity contribution < 1.29 is 4.42 Å². The number of aryl methyl sites for hydroxylation is 1. The van der Waals surface area contributed by atoms with E-state index in [9.17, 15) is 4.79 Å². The second-order valence-electron chi connectivity index (χ2n) is 5.59. The number of anilines is 1. The molecule has 2 aromatic heterocycles. The molecule has 0 radical (unpaired) electrons. The quantitative estimate of drug-likeness (QED) is 0.737. The molecule has 0 bridgehead atoms. The number of furan rings is 1. The standard InChI is InChI=1S/C18H18ClN3O2/c1-13(9-10-15-8-5-11-24-15)21-16-12-20-22(18(23)17(16)19)14-6-3-2-4-7-14/h2-8,11-13,21H,9-10H2,1H3/t13-/m0/s1. The Balaban J connectivity index is 1.72. The number of nitrogens with one attached hydrogen (secondary N) is 1. The SMILES string of the molecule is C[C@@H](CCc1ccco1)Nc1cnn(-c2ccccc2)c(=O)c1Cl. The largest absolute Gasteiger partial charge is 0.469 e. The Kier molecular flexibility index (Phi) is 5.01. The highest BCUT2D eigenvalue weighted by molar-refractivity contribution is 6.32. The smallest absolute Gasteiger partial charge is 0.292 e. The third kappa shape index (κ3) is 3.68. The maximum atomic E-state index is 12.4. The lowest BCUT2D eigenvalue weighted by Gasteiger charge is -2.16. The first-order valence-corrected chi connectivity index (χ1v) is 8.15. The first kappa shape index (κ1) is 16.3. The van der Waals surface area contributed by atoms with Gasteiger partial charge in [-0.1, -0.05) is 29.8 Å². The first-order valence-electron chi connectivity index (χ1n) is 7.77. The molecule has 0 spiro atoms. The van der Waals surface area contributed by atoms with Gasteiger partial charge in [0.2, 0.25) is 0 Å². The molecule has 0 amide bonds. The average Bonchev–Trinajstić information content (AvgIpc) is 3.12. The van der Waals surface area contributed by atoms with E-state index in [1.807, 2.05) is 49.4 Å². The molecule has 2 heterocycles. The summed E-state index contributed by atoms with van der Waals surface area (Å²) in [6.45, 7) is 2.03. The van der Waals surface area contributed by atoms with Gasteiger partial charge in [-0.25, -0.2) is 0 Å². The fourth-order valence-electron chi connectivity index (χ4n) is 2.44. The summed E-state index contributed by atoms with van der Waals surface area (Å²) in [5.41, 5.74) is 0.883. The van der Waals surface area contributed by atoms with E-state index in [1.54, 1.807) is 12.5 Å². The Morgan fingerprint density at radius 2 is 2.04 bits per heavy atom. The lowest BCUT2D eigenvalue weighted by molar-refractivity contribution is 0.495. The molecule has 0 aliphatic heterocycles. The van der Waals surface area contributed by atoms with Crippen LogP contribution in [0.4, 0.5) is 5.69 Å². The third-order valence-corrected chi connectivity index (χ3v) is 4.09. The van der Waals surface area contributed by atoms with Crippen LogP contribution in [0.1, 0.15) is 19.1 Å². The van der Waals surface area contributed by atoms with Crippen molar-refractivity contribution in [3.63, 3.8) is 0 Å². The van der Waals surface area contributed by atoms with Gasteiger partial charge in [0.25, 0.3) is 5.56 Å². The van der Waals surface area contributed by atoms with E-state index in [0.29, 0.717) is 11.4 Å². The van der Waals surface area contributed by atoms with Crippen LogP contribution in [0.25, 0.3) is 5.69 Å². The molecule has 6 heteroatoms. The molecule has 0 aliphatic rings. The van der Waals surface area contributed by atoms with Crippen molar-refractivity contribution in [3.8, 4) is 5.69 Å². The zero-order valence-corrected chi connectivity index (χ0v) is 14.0. The van der Waals surface area contributed by atoms with Gasteiger partial charge in [0.05, 0.1) is 23.8 Å². The van der Waals surface area contributed by atoms with Crippen molar-refractivity contribution in [2.24, 2.45) is 0 Å². The van der Waals surface area contributed by atoms with Crippen LogP contribution in [0.15, 0.2) is 64.1 Å². The molecular formula is C18H18ClN3O2. The van der Waals surface area contributed by atoms with Gasteiger partial charge in [0.1, 0.15) is 10.8 Å². The highest BCUT2D eigenvalue weighted by Crippen LogP contribution is 2.19. The highest BCUT2D eigenvalue weighted by atomic mass is 35.5. The summed E-state index contributed by atoms with van der Waals surface area (Å²) in [4.78, 5) is 12.4. The predicted octanol–water partition coefficient (Wildman–Crippen LogP) is 3.91. The minimum Gasteiger partial charge on any atom is -0.469 e. The molecule has 1 atom stereocenters. The molecule has 0 unspecified atom stereocenters. The summed E-state index contributed by atoms with van der Waals surface area (Å²) in [5, 5.41) is 7.59. The van der Waals surface area contributed by atoms with E-state index < -0.39 is 0 Å². The Bertz CT molecular complexity index is 844. The molecule has 3 rings (SSSR count). The van der Waals surface area contributed by atoms with Crippen LogP contribution in [-0.2, 0) is 6.42 Å². The van der Waals surface area contributed by atoms with E-state index in [-0.39, 0.29) is 16.6 Å². The number of benzene rings is 1. The van der Waals surface area contributed by atoms with E-state index in [1.165, 1.54) is 4.68 Å². The minimum atomic E-state index is -0.342. The topological polar surface area (TPSA) is 60.1 Å². The fourth-order valence-corrected chi connectivity index (χ4v) is 2.62. The third-order valence-electron chi connectivity index (χ3n) is 3.73. The van der Waals surface area contributed by atoms with Crippen molar-refractivity contribution in [3.05, 3.63) is 76.1 Å². The van der Waals surface area contributed by atoms with Gasteiger partial charge < -0.3 is 9.73 Å². The maximum Gasteiger partial charge on any atom is 0.292 e. The fraction of sp³-hybridized carbons (Fsp3) is 0.222. The van der Waals surface area contributed by atoms with E-state index in [0.717, 1.165) is 18.6 Å². The number of rotatable bonds is 6. The molecule has 0 saturated heterocycles. The monoisotopic (exact) mass is 343 g/mol. The van der Waals surface area contributed by atoms with Gasteiger partial charge in [-0.3, -0.25) is 4.79 Å². The van der Waals surface area contributed by atoms with E-state index in [4.69, 9.17) is 16.0 Å². The minimum absolute atomic E-state index is 0.126. The molecule has 5 nitrogen and oxygen atoms in total. The van der Waals surface area contributed by atoms with Crippen LogP contribution in [-0.4, -0.2) is 15.8 Å². The number of halogens is 1. The lowest BCUT2D eigenvalue weighted by atomic mass is 10.1. The Labute approximate surface area is 144 Å². The van der Waals surface area contributed by atoms with Gasteiger partial charge in [0, 0.05) is 12.5 Å². The number of aromatic nitrogens is 2. The van der Waals surface area contributed by atoms with Gasteiger partial charge in [-0.15, -0.1) is 0 Å². The van der Waals surface area contributed by atoms with Gasteiger partial charge in [-0.05, 0) is 37.6 Å². The Morgan fingerprint density at radius 3 is 2.75 bits per heavy atom. The Hall–Kier alpha value is -2.53. The second kappa shape index (κ2) is 7.36. The second-order valence-corrected chi connectivity index (χ2v) is 5.97. The van der Waals surface area contributed by atoms with Crippen molar-refractivity contribution in [2.75, 3.05) is 5.32 Å². The maximum absolute atomic E-state index is 12.4. The summed E-state index contributed by atoms with van der Waals surface area (Å²) >= 11 is 6.24. The number of hydrogen-bond donors (Lipinski definition) is 1. The summed E-state index contributed by atoms with van der Waals surface area (Å²) in [6, 6.07) is 13.1. The number of nitrogens with zero attached hydrogens (tertiary/aromatic N) is 2. The molecule has 0 saturated carbocycles. The van der Waals surface area contributed by atoms with E-state index >= 15 is 0 Å². The summed E-state index contributed by atoms with van der Waals surface area (Å²) in [6.07, 6.45) is 4.91. The van der Waals surface area contributed by atoms with Crippen molar-refractivity contribution >= 4 is 17.3 Å². The predicted molar refractivity (Wildman–Crippen MR) is 95.0 cm³/mol. The zero-order valence-electron chi connectivity index (χ0n) is 13.3. The van der Waals surface area contributed by atoms with Gasteiger partial charge >= 0.3 is 0 Å². The van der Waals surface area contributed by atoms with Crippen LogP contribution in [0, 0.1) is 0 Å². The van der Waals surface area contributed by atoms with Crippen LogP contribution >= 0.6 is 11.6 Å². The summed E-state index contributed by atoms with van der Waals surface area (Å²) in [5.74, 6) is 0.937. The molecule has 1 N–H and O–H groups in total. The zero-order chi connectivity index (χ0) is 16.9. The Morgan fingerprint density at radius 1 is 1.25 bits per heavy atom. The van der Waals surface area contributed by atoms with Crippen molar-refractivity contribution in [1.82, 2.24) is 9.78 Å². The molecule has 124 valence electrons. The molecular weight excluding hydrogens is 326 g/mol. The molecule has 3 aromatic rings. The van der Waals surface area contributed by atoms with Crippen LogP contribution < -0.4 is 10.9 Å². The number of hydrogen-bond acceptors (Lipinski definition) is 4. The number of para-hydroxylation sites is 1. The van der Waals surface area contributed by atoms with Gasteiger partial charge in [0.15, 0.2) is 0 Å². The van der Waals surface area contributed by atoms with Gasteiger partial charge in [-0.2, -0.15) is 9.78 Å².